The van der Waals surface area contributed by atoms with E-state index in [9.17, 15) is 9.59 Å². The zero-order valence-electron chi connectivity index (χ0n) is 16.6. The van der Waals surface area contributed by atoms with Gasteiger partial charge in [-0.05, 0) is 42.8 Å². The minimum atomic E-state index is -0.303. The van der Waals surface area contributed by atoms with Gasteiger partial charge >= 0.3 is 0 Å². The lowest BCUT2D eigenvalue weighted by atomic mass is 10.2. The third-order valence-electron chi connectivity index (χ3n) is 4.38. The van der Waals surface area contributed by atoms with Crippen LogP contribution in [0.5, 0.6) is 0 Å². The van der Waals surface area contributed by atoms with Crippen molar-refractivity contribution >= 4 is 28.9 Å². The zero-order chi connectivity index (χ0) is 20.6. The number of pyridine rings is 1. The van der Waals surface area contributed by atoms with Crippen molar-refractivity contribution in [1.29, 1.82) is 0 Å². The molecule has 0 unspecified atom stereocenters. The van der Waals surface area contributed by atoms with E-state index in [1.165, 1.54) is 12.5 Å². The van der Waals surface area contributed by atoms with Gasteiger partial charge in [-0.3, -0.25) is 14.6 Å². The highest BCUT2D eigenvalue weighted by Gasteiger charge is 2.12. The highest BCUT2D eigenvalue weighted by molar-refractivity contribution is 6.03. The van der Waals surface area contributed by atoms with Gasteiger partial charge in [0.05, 0.1) is 0 Å². The smallest absolute Gasteiger partial charge is 0.274 e. The molecule has 0 bridgehead atoms. The molecule has 6 nitrogen and oxygen atoms in total. The standard InChI is InChI=1S/C23H24N4O2/c1-3-27(16-18-8-5-4-6-9-18)21-12-13-24-22(15-21)23(29)26-20-11-7-10-19(14-20)25-17(2)28/h4-15H,3,16H2,1-2H3,(H,25,28)(H,26,29). The Hall–Kier alpha value is -3.67. The number of hydrogen-bond donors (Lipinski definition) is 2. The van der Waals surface area contributed by atoms with Gasteiger partial charge in [0.2, 0.25) is 5.91 Å². The lowest BCUT2D eigenvalue weighted by molar-refractivity contribution is -0.114. The van der Waals surface area contributed by atoms with Crippen molar-refractivity contribution in [2.24, 2.45) is 0 Å². The molecule has 0 aliphatic heterocycles. The molecule has 1 heterocycles. The van der Waals surface area contributed by atoms with Gasteiger partial charge in [0.25, 0.3) is 5.91 Å². The van der Waals surface area contributed by atoms with Crippen LogP contribution in [0.2, 0.25) is 0 Å². The van der Waals surface area contributed by atoms with Crippen molar-refractivity contribution < 1.29 is 9.59 Å². The van der Waals surface area contributed by atoms with Crippen molar-refractivity contribution in [3.05, 3.63) is 84.2 Å². The van der Waals surface area contributed by atoms with Crippen LogP contribution in [-0.2, 0) is 11.3 Å². The third kappa shape index (κ3) is 5.65. The number of nitrogens with zero attached hydrogens (tertiary/aromatic N) is 2. The Kier molecular flexibility index (Phi) is 6.58. The highest BCUT2D eigenvalue weighted by Crippen LogP contribution is 2.19. The predicted octanol–water partition coefficient (Wildman–Crippen LogP) is 4.32. The number of nitrogens with one attached hydrogen (secondary N) is 2. The summed E-state index contributed by atoms with van der Waals surface area (Å²) in [4.78, 5) is 30.3. The van der Waals surface area contributed by atoms with Gasteiger partial charge in [-0.15, -0.1) is 0 Å². The van der Waals surface area contributed by atoms with Gasteiger partial charge in [-0.1, -0.05) is 36.4 Å². The molecule has 0 radical (unpaired) electrons. The molecule has 0 saturated carbocycles. The Morgan fingerprint density at radius 1 is 0.931 bits per heavy atom. The van der Waals surface area contributed by atoms with Crippen molar-refractivity contribution in [2.75, 3.05) is 22.1 Å². The number of anilines is 3. The number of hydrogen-bond acceptors (Lipinski definition) is 4. The molecule has 148 valence electrons. The summed E-state index contributed by atoms with van der Waals surface area (Å²) in [7, 11) is 0. The highest BCUT2D eigenvalue weighted by atomic mass is 16.2. The summed E-state index contributed by atoms with van der Waals surface area (Å²) >= 11 is 0. The molecule has 0 aliphatic carbocycles. The monoisotopic (exact) mass is 388 g/mol. The molecule has 6 heteroatoms. The first-order chi connectivity index (χ1) is 14.0. The molecule has 3 aromatic rings. The Morgan fingerprint density at radius 2 is 1.66 bits per heavy atom. The SMILES string of the molecule is CCN(Cc1ccccc1)c1ccnc(C(=O)Nc2cccc(NC(C)=O)c2)c1. The van der Waals surface area contributed by atoms with Crippen LogP contribution in [-0.4, -0.2) is 23.3 Å². The van der Waals surface area contributed by atoms with E-state index in [4.69, 9.17) is 0 Å². The first-order valence-electron chi connectivity index (χ1n) is 9.49. The quantitative estimate of drug-likeness (QED) is 0.632. The Balaban J connectivity index is 1.74. The number of carbonyl (C=O) groups is 2. The molecule has 29 heavy (non-hydrogen) atoms. The summed E-state index contributed by atoms with van der Waals surface area (Å²) in [5.74, 6) is -0.469. The van der Waals surface area contributed by atoms with Crippen LogP contribution in [0.15, 0.2) is 72.9 Å². The van der Waals surface area contributed by atoms with E-state index in [0.29, 0.717) is 17.1 Å². The van der Waals surface area contributed by atoms with E-state index < -0.39 is 0 Å². The van der Waals surface area contributed by atoms with Gasteiger partial charge in [0.15, 0.2) is 0 Å². The predicted molar refractivity (Wildman–Crippen MR) is 116 cm³/mol. The molecule has 2 N–H and O–H groups in total. The van der Waals surface area contributed by atoms with Gasteiger partial charge in [0.1, 0.15) is 5.69 Å². The molecule has 0 spiro atoms. The third-order valence-corrected chi connectivity index (χ3v) is 4.38. The van der Waals surface area contributed by atoms with E-state index in [2.05, 4.69) is 39.6 Å². The van der Waals surface area contributed by atoms with Gasteiger partial charge in [-0.2, -0.15) is 0 Å². The molecule has 3 rings (SSSR count). The van der Waals surface area contributed by atoms with E-state index in [-0.39, 0.29) is 11.8 Å². The maximum Gasteiger partial charge on any atom is 0.274 e. The second-order valence-corrected chi connectivity index (χ2v) is 6.62. The fraction of sp³-hybridized carbons (Fsp3) is 0.174. The molecule has 0 fully saturated rings. The van der Waals surface area contributed by atoms with Crippen LogP contribution >= 0.6 is 0 Å². The van der Waals surface area contributed by atoms with E-state index in [0.717, 1.165) is 18.8 Å². The lowest BCUT2D eigenvalue weighted by Crippen LogP contribution is -2.23. The molecule has 0 aliphatic rings. The van der Waals surface area contributed by atoms with Gasteiger partial charge < -0.3 is 15.5 Å². The summed E-state index contributed by atoms with van der Waals surface area (Å²) in [6, 6.07) is 20.9. The molecule has 2 aromatic carbocycles. The number of carbonyl (C=O) groups excluding carboxylic acids is 2. The minimum Gasteiger partial charge on any atom is -0.367 e. The van der Waals surface area contributed by atoms with E-state index in [1.54, 1.807) is 36.5 Å². The van der Waals surface area contributed by atoms with Crippen LogP contribution in [0, 0.1) is 0 Å². The molecule has 2 amide bonds. The fourth-order valence-corrected chi connectivity index (χ4v) is 3.00. The summed E-state index contributed by atoms with van der Waals surface area (Å²) in [5.41, 5.74) is 3.68. The number of benzene rings is 2. The average molecular weight is 388 g/mol. The van der Waals surface area contributed by atoms with E-state index in [1.807, 2.05) is 24.3 Å². The fourth-order valence-electron chi connectivity index (χ4n) is 3.00. The second kappa shape index (κ2) is 9.50. The lowest BCUT2D eigenvalue weighted by Gasteiger charge is -2.23. The zero-order valence-corrected chi connectivity index (χ0v) is 16.6. The molecule has 0 saturated heterocycles. The maximum atomic E-state index is 12.7. The van der Waals surface area contributed by atoms with Crippen molar-refractivity contribution in [1.82, 2.24) is 4.98 Å². The molecule has 1 aromatic heterocycles. The van der Waals surface area contributed by atoms with Crippen molar-refractivity contribution in [2.45, 2.75) is 20.4 Å². The Bertz CT molecular complexity index is 989. The van der Waals surface area contributed by atoms with Gasteiger partial charge in [0, 0.05) is 43.3 Å². The normalized spacial score (nSPS) is 10.3. The molecule has 0 atom stereocenters. The van der Waals surface area contributed by atoms with Crippen LogP contribution in [0.25, 0.3) is 0 Å². The number of aromatic nitrogens is 1. The van der Waals surface area contributed by atoms with Gasteiger partial charge in [-0.25, -0.2) is 0 Å². The molecular weight excluding hydrogens is 364 g/mol. The van der Waals surface area contributed by atoms with Crippen LogP contribution in [0.1, 0.15) is 29.9 Å². The summed E-state index contributed by atoms with van der Waals surface area (Å²) in [5, 5.41) is 5.53. The van der Waals surface area contributed by atoms with Crippen LogP contribution < -0.4 is 15.5 Å². The van der Waals surface area contributed by atoms with Crippen molar-refractivity contribution in [3.63, 3.8) is 0 Å². The summed E-state index contributed by atoms with van der Waals surface area (Å²) in [6.45, 7) is 5.08. The largest absolute Gasteiger partial charge is 0.367 e. The molecular formula is C23H24N4O2. The summed E-state index contributed by atoms with van der Waals surface area (Å²) in [6.07, 6.45) is 1.64. The second-order valence-electron chi connectivity index (χ2n) is 6.62. The Labute approximate surface area is 170 Å². The van der Waals surface area contributed by atoms with Crippen LogP contribution in [0.4, 0.5) is 17.1 Å². The van der Waals surface area contributed by atoms with Crippen molar-refractivity contribution in [3.8, 4) is 0 Å². The average Bonchev–Trinajstić information content (AvgIpc) is 2.72. The van der Waals surface area contributed by atoms with E-state index >= 15 is 0 Å². The first-order valence-corrected chi connectivity index (χ1v) is 9.49. The van der Waals surface area contributed by atoms with Crippen LogP contribution in [0.3, 0.4) is 0 Å². The maximum absolute atomic E-state index is 12.7. The number of rotatable bonds is 7. The number of amides is 2. The first kappa shape index (κ1) is 20.1. The summed E-state index contributed by atoms with van der Waals surface area (Å²) < 4.78 is 0. The Morgan fingerprint density at radius 3 is 2.34 bits per heavy atom. The minimum absolute atomic E-state index is 0.166. The topological polar surface area (TPSA) is 74.3 Å².